The molecular weight excluding hydrogens is 224 g/mol. The lowest BCUT2D eigenvalue weighted by Crippen LogP contribution is -2.10. The quantitative estimate of drug-likeness (QED) is 0.887. The van der Waals surface area contributed by atoms with E-state index in [-0.39, 0.29) is 0 Å². The molecule has 1 heterocycles. The third-order valence-electron chi connectivity index (χ3n) is 2.41. The van der Waals surface area contributed by atoms with Gasteiger partial charge in [-0.25, -0.2) is 0 Å². The Kier molecular flexibility index (Phi) is 3.59. The molecule has 1 N–H and O–H groups in total. The molecule has 0 aliphatic heterocycles. The molecule has 2 rings (SSSR count). The minimum atomic E-state index is 0.719. The van der Waals surface area contributed by atoms with E-state index in [4.69, 9.17) is 16.1 Å². The molecule has 0 unspecified atom stereocenters. The highest BCUT2D eigenvalue weighted by atomic mass is 35.5. The first-order valence-electron chi connectivity index (χ1n) is 5.16. The Morgan fingerprint density at radius 1 is 1.31 bits per heavy atom. The number of nitrogens with one attached hydrogen (secondary N) is 1. The Hall–Kier alpha value is -1.32. The summed E-state index contributed by atoms with van der Waals surface area (Å²) in [7, 11) is 1.91. The first-order valence-corrected chi connectivity index (χ1v) is 5.53. The van der Waals surface area contributed by atoms with Gasteiger partial charge in [0.15, 0.2) is 0 Å². The van der Waals surface area contributed by atoms with Crippen LogP contribution in [0.15, 0.2) is 35.0 Å². The molecule has 4 heteroatoms. The number of halogens is 1. The Labute approximate surface area is 99.4 Å². The maximum Gasteiger partial charge on any atom is 0.145 e. The first kappa shape index (κ1) is 11.2. The van der Waals surface area contributed by atoms with E-state index < -0.39 is 0 Å². The van der Waals surface area contributed by atoms with Gasteiger partial charge < -0.3 is 9.84 Å². The van der Waals surface area contributed by atoms with Crippen molar-refractivity contribution in [3.8, 4) is 11.1 Å². The lowest BCUT2D eigenvalue weighted by molar-refractivity contribution is 0.382. The van der Waals surface area contributed by atoms with Crippen molar-refractivity contribution in [2.75, 3.05) is 13.6 Å². The Bertz CT molecular complexity index is 468. The van der Waals surface area contributed by atoms with E-state index in [1.54, 1.807) is 6.20 Å². The molecule has 3 nitrogen and oxygen atoms in total. The van der Waals surface area contributed by atoms with E-state index >= 15 is 0 Å². The van der Waals surface area contributed by atoms with Crippen molar-refractivity contribution in [3.05, 3.63) is 41.2 Å². The molecule has 16 heavy (non-hydrogen) atoms. The van der Waals surface area contributed by atoms with Gasteiger partial charge in [-0.15, -0.1) is 0 Å². The summed E-state index contributed by atoms with van der Waals surface area (Å²) in [4.78, 5) is 0. The van der Waals surface area contributed by atoms with Gasteiger partial charge in [0.2, 0.25) is 0 Å². The van der Waals surface area contributed by atoms with Crippen molar-refractivity contribution >= 4 is 11.6 Å². The van der Waals surface area contributed by atoms with Gasteiger partial charge in [0.1, 0.15) is 5.76 Å². The highest BCUT2D eigenvalue weighted by Gasteiger charge is 2.12. The summed E-state index contributed by atoms with van der Waals surface area (Å²) >= 11 is 6.14. The van der Waals surface area contributed by atoms with E-state index in [2.05, 4.69) is 10.5 Å². The van der Waals surface area contributed by atoms with Gasteiger partial charge in [-0.3, -0.25) is 0 Å². The second-order valence-electron chi connectivity index (χ2n) is 3.50. The van der Waals surface area contributed by atoms with Crippen molar-refractivity contribution in [3.63, 3.8) is 0 Å². The number of nitrogens with zero attached hydrogens (tertiary/aromatic N) is 1. The predicted molar refractivity (Wildman–Crippen MR) is 64.6 cm³/mol. The predicted octanol–water partition coefficient (Wildman–Crippen LogP) is 2.76. The fourth-order valence-corrected chi connectivity index (χ4v) is 1.82. The van der Waals surface area contributed by atoms with Crippen LogP contribution in [0.5, 0.6) is 0 Å². The van der Waals surface area contributed by atoms with Crippen molar-refractivity contribution in [2.45, 2.75) is 6.42 Å². The molecule has 0 aliphatic carbocycles. The topological polar surface area (TPSA) is 38.1 Å². The maximum atomic E-state index is 6.14. The Balaban J connectivity index is 2.33. The first-order chi connectivity index (χ1) is 7.83. The molecule has 0 spiro atoms. The maximum absolute atomic E-state index is 6.14. The van der Waals surface area contributed by atoms with E-state index in [0.717, 1.165) is 34.9 Å². The lowest BCUT2D eigenvalue weighted by Gasteiger charge is -2.03. The molecule has 0 fully saturated rings. The normalized spacial score (nSPS) is 10.6. The molecule has 2 aromatic rings. The molecular formula is C12H13ClN2O. The van der Waals surface area contributed by atoms with E-state index in [1.165, 1.54) is 0 Å². The second-order valence-corrected chi connectivity index (χ2v) is 3.90. The molecule has 0 atom stereocenters. The van der Waals surface area contributed by atoms with Crippen LogP contribution in [0.2, 0.25) is 5.02 Å². The van der Waals surface area contributed by atoms with Crippen LogP contribution in [0.4, 0.5) is 0 Å². The van der Waals surface area contributed by atoms with Crippen LogP contribution in [-0.4, -0.2) is 18.7 Å². The zero-order valence-corrected chi connectivity index (χ0v) is 9.79. The van der Waals surface area contributed by atoms with Crippen molar-refractivity contribution < 1.29 is 4.52 Å². The number of likely N-dealkylation sites (N-methyl/N-ethyl adjacent to an activating group) is 1. The minimum absolute atomic E-state index is 0.719. The van der Waals surface area contributed by atoms with Crippen LogP contribution >= 0.6 is 11.6 Å². The van der Waals surface area contributed by atoms with Crippen LogP contribution in [0.25, 0.3) is 11.1 Å². The van der Waals surface area contributed by atoms with Gasteiger partial charge in [0, 0.05) is 29.1 Å². The zero-order valence-electron chi connectivity index (χ0n) is 9.03. The van der Waals surface area contributed by atoms with Crippen molar-refractivity contribution in [2.24, 2.45) is 0 Å². The SMILES string of the molecule is CNCCc1oncc1-c1ccccc1Cl. The number of hydrogen-bond acceptors (Lipinski definition) is 3. The fraction of sp³-hybridized carbons (Fsp3) is 0.250. The lowest BCUT2D eigenvalue weighted by atomic mass is 10.1. The molecule has 0 radical (unpaired) electrons. The third-order valence-corrected chi connectivity index (χ3v) is 2.74. The Morgan fingerprint density at radius 3 is 2.88 bits per heavy atom. The molecule has 0 aliphatic rings. The Morgan fingerprint density at radius 2 is 2.12 bits per heavy atom. The monoisotopic (exact) mass is 236 g/mol. The molecule has 0 amide bonds. The average Bonchev–Trinajstić information content (AvgIpc) is 2.75. The molecule has 84 valence electrons. The summed E-state index contributed by atoms with van der Waals surface area (Å²) in [5.74, 6) is 0.863. The van der Waals surface area contributed by atoms with Gasteiger partial charge >= 0.3 is 0 Å². The van der Waals surface area contributed by atoms with Gasteiger partial charge in [-0.05, 0) is 13.1 Å². The standard InChI is InChI=1S/C12H13ClN2O/c1-14-7-6-12-10(8-15-16-12)9-4-2-3-5-11(9)13/h2-5,8,14H,6-7H2,1H3. The third kappa shape index (κ3) is 2.26. The summed E-state index contributed by atoms with van der Waals surface area (Å²) in [6.07, 6.45) is 2.52. The van der Waals surface area contributed by atoms with Crippen LogP contribution in [-0.2, 0) is 6.42 Å². The van der Waals surface area contributed by atoms with Crippen LogP contribution in [0.3, 0.4) is 0 Å². The van der Waals surface area contributed by atoms with Gasteiger partial charge in [-0.1, -0.05) is 35.0 Å². The van der Waals surface area contributed by atoms with Crippen LogP contribution in [0, 0.1) is 0 Å². The minimum Gasteiger partial charge on any atom is -0.361 e. The molecule has 0 bridgehead atoms. The molecule has 0 saturated heterocycles. The van der Waals surface area contributed by atoms with E-state index in [0.29, 0.717) is 0 Å². The summed E-state index contributed by atoms with van der Waals surface area (Å²) in [6, 6.07) is 7.70. The van der Waals surface area contributed by atoms with Crippen LogP contribution in [0.1, 0.15) is 5.76 Å². The zero-order chi connectivity index (χ0) is 11.4. The van der Waals surface area contributed by atoms with Crippen molar-refractivity contribution in [1.82, 2.24) is 10.5 Å². The highest BCUT2D eigenvalue weighted by Crippen LogP contribution is 2.30. The van der Waals surface area contributed by atoms with E-state index in [9.17, 15) is 0 Å². The number of benzene rings is 1. The average molecular weight is 237 g/mol. The molecule has 1 aromatic carbocycles. The highest BCUT2D eigenvalue weighted by molar-refractivity contribution is 6.33. The van der Waals surface area contributed by atoms with Gasteiger partial charge in [0.25, 0.3) is 0 Å². The number of rotatable bonds is 4. The van der Waals surface area contributed by atoms with Crippen molar-refractivity contribution in [1.29, 1.82) is 0 Å². The van der Waals surface area contributed by atoms with Crippen LogP contribution < -0.4 is 5.32 Å². The summed E-state index contributed by atoms with van der Waals surface area (Å²) < 4.78 is 5.23. The van der Waals surface area contributed by atoms with E-state index in [1.807, 2.05) is 31.3 Å². The summed E-state index contributed by atoms with van der Waals surface area (Å²) in [5, 5.41) is 7.63. The smallest absolute Gasteiger partial charge is 0.145 e. The fourth-order valence-electron chi connectivity index (χ4n) is 1.58. The number of hydrogen-bond donors (Lipinski definition) is 1. The van der Waals surface area contributed by atoms with Gasteiger partial charge in [-0.2, -0.15) is 0 Å². The number of aromatic nitrogens is 1. The molecule has 0 saturated carbocycles. The summed E-state index contributed by atoms with van der Waals surface area (Å²) in [6.45, 7) is 0.854. The summed E-state index contributed by atoms with van der Waals surface area (Å²) in [5.41, 5.74) is 1.94. The second kappa shape index (κ2) is 5.14. The van der Waals surface area contributed by atoms with Gasteiger partial charge in [0.05, 0.1) is 6.20 Å². The largest absolute Gasteiger partial charge is 0.361 e. The molecule has 1 aromatic heterocycles.